The van der Waals surface area contributed by atoms with Gasteiger partial charge in [-0.25, -0.2) is 4.79 Å². The lowest BCUT2D eigenvalue weighted by atomic mass is 10.2. The Morgan fingerprint density at radius 3 is 2.94 bits per heavy atom. The topological polar surface area (TPSA) is 88.5 Å². The summed E-state index contributed by atoms with van der Waals surface area (Å²) in [6, 6.07) is 1.34. The zero-order valence-electron chi connectivity index (χ0n) is 8.77. The van der Waals surface area contributed by atoms with Crippen LogP contribution in [0.4, 0.5) is 0 Å². The van der Waals surface area contributed by atoms with Gasteiger partial charge in [0.15, 0.2) is 5.75 Å². The predicted octanol–water partition coefficient (Wildman–Crippen LogP) is 0.295. The maximum absolute atomic E-state index is 10.9. The molecule has 6 nitrogen and oxygen atoms in total. The molecule has 0 aliphatic heterocycles. The van der Waals surface area contributed by atoms with E-state index in [1.807, 2.05) is 0 Å². The van der Waals surface area contributed by atoms with Crippen LogP contribution in [0.1, 0.15) is 16.8 Å². The molecule has 0 unspecified atom stereocenters. The van der Waals surface area contributed by atoms with Crippen LogP contribution in [0.15, 0.2) is 18.5 Å². The van der Waals surface area contributed by atoms with Gasteiger partial charge in [-0.05, 0) is 6.07 Å². The third kappa shape index (κ3) is 3.23. The number of carboxylic acids is 1. The standard InChI is InChI=1S/C10H12N2O4/c1-11-9(13)3-5-16-8-6-12-4-2-7(8)10(14)15/h2,4,6H,3,5H2,1H3,(H,11,13)(H,14,15). The summed E-state index contributed by atoms with van der Waals surface area (Å²) >= 11 is 0. The quantitative estimate of drug-likeness (QED) is 0.750. The first-order chi connectivity index (χ1) is 7.65. The van der Waals surface area contributed by atoms with Crippen LogP contribution >= 0.6 is 0 Å². The minimum atomic E-state index is -1.09. The fourth-order valence-corrected chi connectivity index (χ4v) is 1.05. The number of hydrogen-bond donors (Lipinski definition) is 2. The molecule has 2 N–H and O–H groups in total. The molecule has 0 fully saturated rings. The number of aromatic nitrogens is 1. The van der Waals surface area contributed by atoms with Gasteiger partial charge in [0, 0.05) is 13.2 Å². The van der Waals surface area contributed by atoms with E-state index < -0.39 is 5.97 Å². The van der Waals surface area contributed by atoms with Crippen LogP contribution in [0, 0.1) is 0 Å². The number of nitrogens with zero attached hydrogens (tertiary/aromatic N) is 1. The highest BCUT2D eigenvalue weighted by Crippen LogP contribution is 2.16. The molecule has 1 aromatic rings. The van der Waals surface area contributed by atoms with E-state index in [9.17, 15) is 9.59 Å². The predicted molar refractivity (Wildman–Crippen MR) is 55.4 cm³/mol. The molecule has 0 aliphatic rings. The Bertz CT molecular complexity index is 392. The van der Waals surface area contributed by atoms with Gasteiger partial charge in [0.05, 0.1) is 19.2 Å². The van der Waals surface area contributed by atoms with Crippen LogP contribution in [-0.4, -0.2) is 35.6 Å². The van der Waals surface area contributed by atoms with Crippen molar-refractivity contribution in [3.05, 3.63) is 24.0 Å². The number of pyridine rings is 1. The molecule has 1 rings (SSSR count). The highest BCUT2D eigenvalue weighted by molar-refractivity contribution is 5.90. The Morgan fingerprint density at radius 2 is 2.31 bits per heavy atom. The Balaban J connectivity index is 2.60. The Hall–Kier alpha value is -2.11. The van der Waals surface area contributed by atoms with Crippen molar-refractivity contribution in [1.29, 1.82) is 0 Å². The molecule has 0 aliphatic carbocycles. The van der Waals surface area contributed by atoms with Crippen LogP contribution in [0.2, 0.25) is 0 Å². The van der Waals surface area contributed by atoms with Crippen molar-refractivity contribution < 1.29 is 19.4 Å². The van der Waals surface area contributed by atoms with Crippen LogP contribution in [0.3, 0.4) is 0 Å². The maximum Gasteiger partial charge on any atom is 0.339 e. The average Bonchev–Trinajstić information content (AvgIpc) is 2.29. The third-order valence-corrected chi connectivity index (χ3v) is 1.88. The first-order valence-electron chi connectivity index (χ1n) is 4.66. The zero-order valence-corrected chi connectivity index (χ0v) is 8.77. The van der Waals surface area contributed by atoms with Gasteiger partial charge in [-0.2, -0.15) is 0 Å². The summed E-state index contributed by atoms with van der Waals surface area (Å²) in [5.74, 6) is -1.09. The molecule has 1 amide bonds. The number of rotatable bonds is 5. The van der Waals surface area contributed by atoms with Crippen LogP contribution in [0.5, 0.6) is 5.75 Å². The summed E-state index contributed by atoms with van der Waals surface area (Å²) in [5, 5.41) is 11.3. The monoisotopic (exact) mass is 224 g/mol. The normalized spacial score (nSPS) is 9.56. The number of hydrogen-bond acceptors (Lipinski definition) is 4. The lowest BCUT2D eigenvalue weighted by Crippen LogP contribution is -2.20. The van der Waals surface area contributed by atoms with E-state index in [0.29, 0.717) is 0 Å². The molecule has 0 atom stereocenters. The van der Waals surface area contributed by atoms with E-state index in [2.05, 4.69) is 10.3 Å². The SMILES string of the molecule is CNC(=O)CCOc1cnccc1C(=O)O. The molecule has 0 saturated carbocycles. The highest BCUT2D eigenvalue weighted by atomic mass is 16.5. The summed E-state index contributed by atoms with van der Waals surface area (Å²) in [6.45, 7) is 0.117. The molecule has 16 heavy (non-hydrogen) atoms. The first kappa shape index (κ1) is 12.0. The fraction of sp³-hybridized carbons (Fsp3) is 0.300. The van der Waals surface area contributed by atoms with Crippen molar-refractivity contribution in [1.82, 2.24) is 10.3 Å². The number of aromatic carboxylic acids is 1. The van der Waals surface area contributed by atoms with Crippen molar-refractivity contribution >= 4 is 11.9 Å². The van der Waals surface area contributed by atoms with Crippen LogP contribution in [-0.2, 0) is 4.79 Å². The van der Waals surface area contributed by atoms with Gasteiger partial charge in [0.25, 0.3) is 0 Å². The second kappa shape index (κ2) is 5.69. The van der Waals surface area contributed by atoms with Gasteiger partial charge in [-0.1, -0.05) is 0 Å². The lowest BCUT2D eigenvalue weighted by Gasteiger charge is -2.07. The molecule has 1 heterocycles. The Kier molecular flexibility index (Phi) is 4.26. The van der Waals surface area contributed by atoms with Gasteiger partial charge in [-0.15, -0.1) is 0 Å². The Labute approximate surface area is 92.3 Å². The van der Waals surface area contributed by atoms with Crippen molar-refractivity contribution in [2.75, 3.05) is 13.7 Å². The number of carbonyl (C=O) groups excluding carboxylic acids is 1. The number of amides is 1. The van der Waals surface area contributed by atoms with Gasteiger partial charge in [0.1, 0.15) is 5.56 Å². The number of carbonyl (C=O) groups is 2. The second-order valence-electron chi connectivity index (χ2n) is 2.95. The van der Waals surface area contributed by atoms with E-state index in [1.165, 1.54) is 25.5 Å². The maximum atomic E-state index is 10.9. The average molecular weight is 224 g/mol. The Morgan fingerprint density at radius 1 is 1.56 bits per heavy atom. The largest absolute Gasteiger partial charge is 0.491 e. The van der Waals surface area contributed by atoms with Crippen molar-refractivity contribution in [2.24, 2.45) is 0 Å². The summed E-state index contributed by atoms with van der Waals surface area (Å²) < 4.78 is 5.17. The third-order valence-electron chi connectivity index (χ3n) is 1.88. The van der Waals surface area contributed by atoms with Gasteiger partial charge in [-0.3, -0.25) is 9.78 Å². The molecule has 0 saturated heterocycles. The van der Waals surface area contributed by atoms with E-state index in [-0.39, 0.29) is 30.2 Å². The molecule has 0 radical (unpaired) electrons. The molecule has 0 spiro atoms. The number of carboxylic acid groups (broad SMARTS) is 1. The van der Waals surface area contributed by atoms with Crippen LogP contribution in [0.25, 0.3) is 0 Å². The number of nitrogens with one attached hydrogen (secondary N) is 1. The summed E-state index contributed by atoms with van der Waals surface area (Å²) in [6.07, 6.45) is 2.85. The van der Waals surface area contributed by atoms with Gasteiger partial charge in [0.2, 0.25) is 5.91 Å². The van der Waals surface area contributed by atoms with Crippen molar-refractivity contribution in [3.8, 4) is 5.75 Å². The summed E-state index contributed by atoms with van der Waals surface area (Å²) in [7, 11) is 1.52. The van der Waals surface area contributed by atoms with Crippen LogP contribution < -0.4 is 10.1 Å². The summed E-state index contributed by atoms with van der Waals surface area (Å²) in [5.41, 5.74) is 0.0342. The summed E-state index contributed by atoms with van der Waals surface area (Å²) in [4.78, 5) is 25.4. The molecule has 1 aromatic heterocycles. The van der Waals surface area contributed by atoms with E-state index in [0.717, 1.165) is 0 Å². The molecular formula is C10H12N2O4. The van der Waals surface area contributed by atoms with E-state index in [4.69, 9.17) is 9.84 Å². The van der Waals surface area contributed by atoms with E-state index >= 15 is 0 Å². The molecule has 86 valence electrons. The fourth-order valence-electron chi connectivity index (χ4n) is 1.05. The highest BCUT2D eigenvalue weighted by Gasteiger charge is 2.10. The number of ether oxygens (including phenoxy) is 1. The lowest BCUT2D eigenvalue weighted by molar-refractivity contribution is -0.121. The van der Waals surface area contributed by atoms with Gasteiger partial charge >= 0.3 is 5.97 Å². The zero-order chi connectivity index (χ0) is 12.0. The minimum Gasteiger partial charge on any atom is -0.491 e. The molecular weight excluding hydrogens is 212 g/mol. The van der Waals surface area contributed by atoms with Gasteiger partial charge < -0.3 is 15.2 Å². The van der Waals surface area contributed by atoms with E-state index in [1.54, 1.807) is 0 Å². The van der Waals surface area contributed by atoms with Crippen molar-refractivity contribution in [2.45, 2.75) is 6.42 Å². The van der Waals surface area contributed by atoms with Crippen molar-refractivity contribution in [3.63, 3.8) is 0 Å². The minimum absolute atomic E-state index is 0.0342. The molecule has 0 bridgehead atoms. The molecule has 6 heteroatoms. The second-order valence-corrected chi connectivity index (χ2v) is 2.95. The molecule has 0 aromatic carbocycles. The smallest absolute Gasteiger partial charge is 0.339 e. The first-order valence-corrected chi connectivity index (χ1v) is 4.66.